The van der Waals surface area contributed by atoms with Crippen LogP contribution in [0.1, 0.15) is 31.7 Å². The van der Waals surface area contributed by atoms with Crippen LogP contribution in [0.2, 0.25) is 0 Å². The van der Waals surface area contributed by atoms with Crippen LogP contribution in [0, 0.1) is 0 Å². The van der Waals surface area contributed by atoms with E-state index in [1.54, 1.807) is 13.2 Å². The summed E-state index contributed by atoms with van der Waals surface area (Å²) >= 11 is 0. The highest BCUT2D eigenvalue weighted by Crippen LogP contribution is 2.19. The van der Waals surface area contributed by atoms with Gasteiger partial charge < -0.3 is 15.2 Å². The van der Waals surface area contributed by atoms with Crippen LogP contribution < -0.4 is 10.5 Å². The van der Waals surface area contributed by atoms with Crippen molar-refractivity contribution in [1.29, 1.82) is 0 Å². The van der Waals surface area contributed by atoms with E-state index >= 15 is 0 Å². The lowest BCUT2D eigenvalue weighted by Crippen LogP contribution is -1.97. The van der Waals surface area contributed by atoms with E-state index < -0.39 is 0 Å². The summed E-state index contributed by atoms with van der Waals surface area (Å²) in [6, 6.07) is 5.68. The molecule has 1 aromatic rings. The quantitative estimate of drug-likeness (QED) is 0.571. The van der Waals surface area contributed by atoms with Crippen molar-refractivity contribution in [3.8, 4) is 5.75 Å². The van der Waals surface area contributed by atoms with Gasteiger partial charge in [0.1, 0.15) is 5.75 Å². The molecule has 0 saturated carbocycles. The first-order valence-corrected chi connectivity index (χ1v) is 5.77. The summed E-state index contributed by atoms with van der Waals surface area (Å²) in [5, 5.41) is 0. The van der Waals surface area contributed by atoms with Crippen molar-refractivity contribution in [2.45, 2.75) is 32.8 Å². The van der Waals surface area contributed by atoms with Gasteiger partial charge in [0.05, 0.1) is 13.7 Å². The first kappa shape index (κ1) is 12.8. The van der Waals surface area contributed by atoms with E-state index in [1.807, 2.05) is 12.1 Å². The summed E-state index contributed by atoms with van der Waals surface area (Å²) in [7, 11) is 1.64. The van der Waals surface area contributed by atoms with Crippen molar-refractivity contribution in [2.24, 2.45) is 0 Å². The Morgan fingerprint density at radius 3 is 2.69 bits per heavy atom. The number of nitrogens with two attached hydrogens (primary N) is 1. The van der Waals surface area contributed by atoms with Gasteiger partial charge in [-0.1, -0.05) is 19.8 Å². The van der Waals surface area contributed by atoms with Gasteiger partial charge in [-0.2, -0.15) is 0 Å². The van der Waals surface area contributed by atoms with Crippen molar-refractivity contribution >= 4 is 5.69 Å². The van der Waals surface area contributed by atoms with Gasteiger partial charge in [0.25, 0.3) is 0 Å². The highest BCUT2D eigenvalue weighted by atomic mass is 16.5. The monoisotopic (exact) mass is 223 g/mol. The van der Waals surface area contributed by atoms with Gasteiger partial charge in [-0.25, -0.2) is 0 Å². The van der Waals surface area contributed by atoms with Gasteiger partial charge in [-0.3, -0.25) is 0 Å². The number of unbranched alkanes of at least 4 members (excludes halogenated alkanes) is 2. The molecule has 0 radical (unpaired) electrons. The van der Waals surface area contributed by atoms with Crippen LogP contribution in [0.4, 0.5) is 5.69 Å². The Balaban J connectivity index is 2.38. The van der Waals surface area contributed by atoms with E-state index in [0.29, 0.717) is 12.3 Å². The summed E-state index contributed by atoms with van der Waals surface area (Å²) in [5.74, 6) is 0.784. The van der Waals surface area contributed by atoms with E-state index in [1.165, 1.54) is 12.8 Å². The molecular weight excluding hydrogens is 202 g/mol. The van der Waals surface area contributed by atoms with Crippen LogP contribution in [0.25, 0.3) is 0 Å². The lowest BCUT2D eigenvalue weighted by molar-refractivity contribution is 0.117. The molecule has 2 N–H and O–H groups in total. The Morgan fingerprint density at radius 2 is 2.00 bits per heavy atom. The maximum Gasteiger partial charge on any atom is 0.121 e. The number of ether oxygens (including phenoxy) is 2. The second-order valence-electron chi connectivity index (χ2n) is 3.87. The van der Waals surface area contributed by atoms with Crippen molar-refractivity contribution in [2.75, 3.05) is 19.5 Å². The smallest absolute Gasteiger partial charge is 0.121 e. The van der Waals surface area contributed by atoms with Crippen molar-refractivity contribution in [1.82, 2.24) is 0 Å². The molecule has 0 saturated heterocycles. The van der Waals surface area contributed by atoms with E-state index in [0.717, 1.165) is 24.3 Å². The molecule has 1 aromatic carbocycles. The summed E-state index contributed by atoms with van der Waals surface area (Å²) in [6.07, 6.45) is 3.56. The lowest BCUT2D eigenvalue weighted by atomic mass is 10.2. The average molecular weight is 223 g/mol. The van der Waals surface area contributed by atoms with Crippen LogP contribution in [0.15, 0.2) is 18.2 Å². The molecule has 0 aliphatic rings. The minimum Gasteiger partial charge on any atom is -0.497 e. The third kappa shape index (κ3) is 4.53. The zero-order valence-electron chi connectivity index (χ0n) is 10.2. The summed E-state index contributed by atoms with van der Waals surface area (Å²) in [4.78, 5) is 0. The van der Waals surface area contributed by atoms with Gasteiger partial charge in [-0.05, 0) is 24.1 Å². The van der Waals surface area contributed by atoms with Crippen LogP contribution >= 0.6 is 0 Å². The molecule has 3 nitrogen and oxygen atoms in total. The Hall–Kier alpha value is -1.22. The third-order valence-electron chi connectivity index (χ3n) is 2.39. The van der Waals surface area contributed by atoms with Gasteiger partial charge in [0.2, 0.25) is 0 Å². The second-order valence-corrected chi connectivity index (χ2v) is 3.87. The van der Waals surface area contributed by atoms with Crippen LogP contribution in [-0.2, 0) is 11.3 Å². The molecular formula is C13H21NO2. The maximum atomic E-state index is 5.75. The predicted octanol–water partition coefficient (Wildman–Crippen LogP) is 2.98. The van der Waals surface area contributed by atoms with Crippen molar-refractivity contribution < 1.29 is 9.47 Å². The zero-order valence-corrected chi connectivity index (χ0v) is 10.2. The molecule has 16 heavy (non-hydrogen) atoms. The molecule has 0 amide bonds. The molecule has 0 unspecified atom stereocenters. The number of hydrogen-bond donors (Lipinski definition) is 1. The Morgan fingerprint density at radius 1 is 1.19 bits per heavy atom. The minimum absolute atomic E-state index is 0.602. The fraction of sp³-hybridized carbons (Fsp3) is 0.538. The van der Waals surface area contributed by atoms with E-state index in [4.69, 9.17) is 15.2 Å². The average Bonchev–Trinajstić information content (AvgIpc) is 2.28. The molecule has 1 rings (SSSR count). The van der Waals surface area contributed by atoms with E-state index in [-0.39, 0.29) is 0 Å². The van der Waals surface area contributed by atoms with Gasteiger partial charge >= 0.3 is 0 Å². The Bertz CT molecular complexity index is 313. The Kier molecular flexibility index (Phi) is 5.72. The lowest BCUT2D eigenvalue weighted by Gasteiger charge is -2.07. The number of rotatable bonds is 7. The molecule has 0 aliphatic heterocycles. The molecule has 0 aliphatic carbocycles. The Labute approximate surface area is 97.6 Å². The van der Waals surface area contributed by atoms with Crippen LogP contribution in [-0.4, -0.2) is 13.7 Å². The molecule has 0 spiro atoms. The van der Waals surface area contributed by atoms with Crippen molar-refractivity contribution in [3.05, 3.63) is 23.8 Å². The summed E-state index contributed by atoms with van der Waals surface area (Å²) in [5.41, 5.74) is 7.53. The summed E-state index contributed by atoms with van der Waals surface area (Å²) < 4.78 is 10.7. The van der Waals surface area contributed by atoms with Gasteiger partial charge in [0.15, 0.2) is 0 Å². The molecule has 0 bridgehead atoms. The van der Waals surface area contributed by atoms with Gasteiger partial charge in [-0.15, -0.1) is 0 Å². The second kappa shape index (κ2) is 7.12. The fourth-order valence-electron chi connectivity index (χ4n) is 1.53. The molecule has 0 atom stereocenters. The largest absolute Gasteiger partial charge is 0.497 e. The first-order chi connectivity index (χ1) is 7.76. The maximum absolute atomic E-state index is 5.75. The first-order valence-electron chi connectivity index (χ1n) is 5.77. The van der Waals surface area contributed by atoms with Crippen LogP contribution in [0.3, 0.4) is 0 Å². The normalized spacial score (nSPS) is 10.4. The number of nitrogen functional groups attached to an aromatic ring is 1. The SMILES string of the molecule is CCCCCOCc1cc(N)cc(OC)c1. The molecule has 0 fully saturated rings. The predicted molar refractivity (Wildman–Crippen MR) is 66.6 cm³/mol. The minimum atomic E-state index is 0.602. The molecule has 3 heteroatoms. The highest BCUT2D eigenvalue weighted by Gasteiger charge is 1.99. The molecule has 90 valence electrons. The molecule has 0 aromatic heterocycles. The third-order valence-corrected chi connectivity index (χ3v) is 2.39. The number of anilines is 1. The van der Waals surface area contributed by atoms with Crippen molar-refractivity contribution in [3.63, 3.8) is 0 Å². The fourth-order valence-corrected chi connectivity index (χ4v) is 1.53. The zero-order chi connectivity index (χ0) is 11.8. The highest BCUT2D eigenvalue weighted by molar-refractivity contribution is 5.47. The number of benzene rings is 1. The standard InChI is InChI=1S/C13H21NO2/c1-3-4-5-6-16-10-11-7-12(14)9-13(8-11)15-2/h7-9H,3-6,10,14H2,1-2H3. The number of hydrogen-bond acceptors (Lipinski definition) is 3. The van der Waals surface area contributed by atoms with E-state index in [9.17, 15) is 0 Å². The van der Waals surface area contributed by atoms with Gasteiger partial charge in [0, 0.05) is 18.4 Å². The van der Waals surface area contributed by atoms with Crippen LogP contribution in [0.5, 0.6) is 5.75 Å². The topological polar surface area (TPSA) is 44.5 Å². The number of methoxy groups -OCH3 is 1. The molecule has 0 heterocycles. The van der Waals surface area contributed by atoms with E-state index in [2.05, 4.69) is 6.92 Å². The summed E-state index contributed by atoms with van der Waals surface area (Å²) in [6.45, 7) is 3.60.